The largest absolute Gasteiger partial charge is 0.465 e. The molecule has 1 aromatic carbocycles. The van der Waals surface area contributed by atoms with E-state index in [1.54, 1.807) is 0 Å². The van der Waals surface area contributed by atoms with Crippen molar-refractivity contribution in [1.82, 2.24) is 0 Å². The average molecular weight is 643 g/mol. The van der Waals surface area contributed by atoms with E-state index in [4.69, 9.17) is 4.74 Å². The number of allylic oxidation sites excluding steroid dienone is 8. The summed E-state index contributed by atoms with van der Waals surface area (Å²) in [7, 11) is 0. The molecule has 6 heteroatoms. The fourth-order valence-electron chi connectivity index (χ4n) is 7.13. The molecule has 0 heterocycles. The van der Waals surface area contributed by atoms with Crippen LogP contribution in [0.1, 0.15) is 118 Å². The van der Waals surface area contributed by atoms with Crippen molar-refractivity contribution >= 4 is 29.1 Å². The van der Waals surface area contributed by atoms with Gasteiger partial charge in [-0.2, -0.15) is 0 Å². The summed E-state index contributed by atoms with van der Waals surface area (Å²) >= 11 is 0. The second kappa shape index (κ2) is 19.9. The van der Waals surface area contributed by atoms with Gasteiger partial charge in [0.05, 0.1) is 13.0 Å². The summed E-state index contributed by atoms with van der Waals surface area (Å²) < 4.78 is 5.54. The molecule has 0 N–H and O–H groups in total. The summed E-state index contributed by atoms with van der Waals surface area (Å²) in [4.78, 5) is 63.6. The van der Waals surface area contributed by atoms with E-state index in [9.17, 15) is 24.0 Å². The van der Waals surface area contributed by atoms with E-state index in [0.717, 1.165) is 68.1 Å². The number of rotatable bonds is 15. The van der Waals surface area contributed by atoms with Crippen LogP contribution in [0.4, 0.5) is 0 Å². The quantitative estimate of drug-likeness (QED) is 0.141. The van der Waals surface area contributed by atoms with Gasteiger partial charge in [-0.3, -0.25) is 24.0 Å². The number of Topliss-reactive ketones (excluding diaryl/α,β-unsaturated/α-hetero) is 4. The van der Waals surface area contributed by atoms with Gasteiger partial charge in [0.1, 0.15) is 23.8 Å². The van der Waals surface area contributed by atoms with Crippen molar-refractivity contribution in [3.63, 3.8) is 0 Å². The Morgan fingerprint density at radius 1 is 0.872 bits per heavy atom. The van der Waals surface area contributed by atoms with Crippen molar-refractivity contribution in [2.45, 2.75) is 111 Å². The Hall–Kier alpha value is -3.67. The Morgan fingerprint density at radius 3 is 2.15 bits per heavy atom. The Kier molecular flexibility index (Phi) is 16.0. The molecule has 3 atom stereocenters. The fraction of sp³-hybridized carbons (Fsp3) is 0.537. The third-order valence-corrected chi connectivity index (χ3v) is 9.48. The number of carbonyl (C=O) groups excluding carboxylic acids is 5. The van der Waals surface area contributed by atoms with Gasteiger partial charge in [-0.05, 0) is 87.3 Å². The lowest BCUT2D eigenvalue weighted by atomic mass is 9.72. The van der Waals surface area contributed by atoms with E-state index in [1.165, 1.54) is 6.92 Å². The first-order valence-electron chi connectivity index (χ1n) is 17.6. The lowest BCUT2D eigenvalue weighted by molar-refractivity contribution is -0.147. The number of benzene rings is 1. The Labute approximate surface area is 281 Å². The van der Waals surface area contributed by atoms with E-state index in [-0.39, 0.29) is 72.7 Å². The fourth-order valence-corrected chi connectivity index (χ4v) is 7.13. The van der Waals surface area contributed by atoms with Gasteiger partial charge >= 0.3 is 5.97 Å². The molecule has 0 amide bonds. The van der Waals surface area contributed by atoms with Gasteiger partial charge in [-0.25, -0.2) is 0 Å². The summed E-state index contributed by atoms with van der Waals surface area (Å²) in [5.41, 5.74) is 3.26. The first-order chi connectivity index (χ1) is 22.6. The van der Waals surface area contributed by atoms with Crippen molar-refractivity contribution in [3.8, 4) is 0 Å². The lowest BCUT2D eigenvalue weighted by Gasteiger charge is -2.32. The van der Waals surface area contributed by atoms with Crippen LogP contribution >= 0.6 is 0 Å². The molecule has 0 spiro atoms. The molecule has 3 rings (SSSR count). The first kappa shape index (κ1) is 37.8. The van der Waals surface area contributed by atoms with Gasteiger partial charge in [0.25, 0.3) is 0 Å². The van der Waals surface area contributed by atoms with E-state index in [0.29, 0.717) is 18.4 Å². The highest BCUT2D eigenvalue weighted by Gasteiger charge is 2.33. The Bertz CT molecular complexity index is 1350. The number of hydrogen-bond donors (Lipinski definition) is 0. The summed E-state index contributed by atoms with van der Waals surface area (Å²) in [6.45, 7) is 7.72. The van der Waals surface area contributed by atoms with E-state index < -0.39 is 5.97 Å². The zero-order valence-electron chi connectivity index (χ0n) is 28.9. The number of fused-ring (bicyclic) bond motifs is 1. The third kappa shape index (κ3) is 12.5. The summed E-state index contributed by atoms with van der Waals surface area (Å²) in [6, 6.07) is 3.87. The predicted octanol–water partition coefficient (Wildman–Crippen LogP) is 8.58. The zero-order chi connectivity index (χ0) is 34.2. The molecule has 254 valence electrons. The number of ether oxygens (including phenoxy) is 1. The molecular formula is C41H54O6. The van der Waals surface area contributed by atoms with Gasteiger partial charge in [0, 0.05) is 30.2 Å². The summed E-state index contributed by atoms with van der Waals surface area (Å²) in [5.74, 6) is -0.503. The maximum absolute atomic E-state index is 13.5. The Balaban J connectivity index is 1.59. The smallest absolute Gasteiger partial charge is 0.313 e. The number of carbonyl (C=O) groups is 5. The predicted molar refractivity (Wildman–Crippen MR) is 187 cm³/mol. The van der Waals surface area contributed by atoms with Gasteiger partial charge < -0.3 is 4.74 Å². The standard InChI is InChI=1S/C41H54O6/c1-5-17-34(37(6-2)38(44)22-29(3)42)23-32-24-35-21-20-33(30(4)41(35)39(45)25-32)26-36(43)27-40(46)47-28-31-18-15-13-11-9-7-8-10-12-14-16-19-31/h9-16,20-21,31-32,34,37H,5-8,17-19,22-28H2,1-4H3/b11-9-,12-10-,15-13-,16-14-. The second-order valence-electron chi connectivity index (χ2n) is 13.4. The molecule has 0 aliphatic heterocycles. The van der Waals surface area contributed by atoms with Crippen molar-refractivity contribution < 1.29 is 28.7 Å². The lowest BCUT2D eigenvalue weighted by Crippen LogP contribution is -2.30. The van der Waals surface area contributed by atoms with Crippen LogP contribution in [0.3, 0.4) is 0 Å². The molecule has 0 radical (unpaired) electrons. The van der Waals surface area contributed by atoms with Crippen molar-refractivity contribution in [2.24, 2.45) is 23.7 Å². The van der Waals surface area contributed by atoms with Gasteiger partial charge in [0.15, 0.2) is 5.78 Å². The normalized spacial score (nSPS) is 21.1. The Morgan fingerprint density at radius 2 is 1.53 bits per heavy atom. The molecule has 47 heavy (non-hydrogen) atoms. The molecule has 6 nitrogen and oxygen atoms in total. The van der Waals surface area contributed by atoms with Gasteiger partial charge in [-0.15, -0.1) is 0 Å². The average Bonchev–Trinajstić information content (AvgIpc) is 3.03. The number of ketones is 4. The van der Waals surface area contributed by atoms with Crippen LogP contribution in [-0.4, -0.2) is 35.7 Å². The highest BCUT2D eigenvalue weighted by molar-refractivity contribution is 6.01. The maximum atomic E-state index is 13.5. The molecular weight excluding hydrogens is 588 g/mol. The topological polar surface area (TPSA) is 94.6 Å². The van der Waals surface area contributed by atoms with Crippen LogP contribution in [0.2, 0.25) is 0 Å². The number of esters is 1. The summed E-state index contributed by atoms with van der Waals surface area (Å²) in [6.07, 6.45) is 24.4. The SMILES string of the molecule is CCCC(CC1CC(=O)c2c(ccc(CC(=O)CC(=O)OCC3C/C=C\C=C/CC/C=C\C=C/C3)c2C)C1)C(CC)C(=O)CC(C)=O. The molecule has 1 aromatic rings. The van der Waals surface area contributed by atoms with Crippen molar-refractivity contribution in [3.05, 3.63) is 83.0 Å². The maximum Gasteiger partial charge on any atom is 0.313 e. The molecule has 2 aliphatic carbocycles. The van der Waals surface area contributed by atoms with Gasteiger partial charge in [0.2, 0.25) is 0 Å². The molecule has 0 saturated heterocycles. The molecule has 0 fully saturated rings. The van der Waals surface area contributed by atoms with Crippen molar-refractivity contribution in [1.29, 1.82) is 0 Å². The zero-order valence-corrected chi connectivity index (χ0v) is 28.9. The van der Waals surface area contributed by atoms with E-state index >= 15 is 0 Å². The third-order valence-electron chi connectivity index (χ3n) is 9.48. The monoisotopic (exact) mass is 642 g/mol. The highest BCUT2D eigenvalue weighted by atomic mass is 16.5. The van der Waals surface area contributed by atoms with E-state index in [1.807, 2.05) is 50.3 Å². The molecule has 0 bridgehead atoms. The van der Waals surface area contributed by atoms with Crippen LogP contribution in [0.25, 0.3) is 0 Å². The highest BCUT2D eigenvalue weighted by Crippen LogP contribution is 2.37. The minimum atomic E-state index is -0.519. The minimum absolute atomic E-state index is 0.0186. The molecule has 2 aliphatic rings. The molecule has 3 unspecified atom stereocenters. The minimum Gasteiger partial charge on any atom is -0.465 e. The number of hydrogen-bond acceptors (Lipinski definition) is 6. The molecule has 0 aromatic heterocycles. The van der Waals surface area contributed by atoms with E-state index in [2.05, 4.69) is 31.2 Å². The molecule has 0 saturated carbocycles. The van der Waals surface area contributed by atoms with Crippen LogP contribution in [0.5, 0.6) is 0 Å². The van der Waals surface area contributed by atoms with Crippen molar-refractivity contribution in [2.75, 3.05) is 6.61 Å². The van der Waals surface area contributed by atoms with Crippen LogP contribution in [-0.2, 0) is 36.8 Å². The first-order valence-corrected chi connectivity index (χ1v) is 17.6. The van der Waals surface area contributed by atoms with Crippen LogP contribution in [0, 0.1) is 30.6 Å². The van der Waals surface area contributed by atoms with Crippen LogP contribution < -0.4 is 0 Å². The summed E-state index contributed by atoms with van der Waals surface area (Å²) in [5, 5.41) is 0. The van der Waals surface area contributed by atoms with Crippen LogP contribution in [0.15, 0.2) is 60.7 Å². The van der Waals surface area contributed by atoms with Gasteiger partial charge in [-0.1, -0.05) is 87.4 Å². The second-order valence-corrected chi connectivity index (χ2v) is 13.4.